The molecule has 4 rings (SSSR count). The number of amides is 1. The van der Waals surface area contributed by atoms with Crippen LogP contribution in [0.25, 0.3) is 16.9 Å². The summed E-state index contributed by atoms with van der Waals surface area (Å²) in [5.41, 5.74) is 6.32. The fraction of sp³-hybridized carbons (Fsp3) is 0.0800. The van der Waals surface area contributed by atoms with E-state index in [4.69, 9.17) is 4.74 Å². The maximum Gasteiger partial charge on any atom is 0.277 e. The zero-order valence-corrected chi connectivity index (χ0v) is 17.4. The number of carbonyl (C=O) groups excluding carboxylic acids is 1. The molecule has 32 heavy (non-hydrogen) atoms. The van der Waals surface area contributed by atoms with Gasteiger partial charge in [-0.1, -0.05) is 42.5 Å². The molecule has 7 heteroatoms. The van der Waals surface area contributed by atoms with Crippen molar-refractivity contribution in [2.24, 2.45) is 5.10 Å². The fourth-order valence-corrected chi connectivity index (χ4v) is 3.16. The lowest BCUT2D eigenvalue weighted by Crippen LogP contribution is -2.25. The van der Waals surface area contributed by atoms with E-state index in [2.05, 4.69) is 15.6 Å². The molecular weight excluding hydrogens is 407 g/mol. The van der Waals surface area contributed by atoms with Gasteiger partial charge in [-0.15, -0.1) is 0 Å². The molecule has 0 radical (unpaired) electrons. The number of hydrogen-bond acceptors (Lipinski definition) is 4. The molecular formula is C25H21FN4O2. The van der Waals surface area contributed by atoms with Crippen LogP contribution in [-0.2, 0) is 4.79 Å². The van der Waals surface area contributed by atoms with Gasteiger partial charge >= 0.3 is 0 Å². The van der Waals surface area contributed by atoms with Gasteiger partial charge in [-0.25, -0.2) is 14.5 Å². The summed E-state index contributed by atoms with van der Waals surface area (Å²) in [6.07, 6.45) is 1.72. The van der Waals surface area contributed by atoms with E-state index in [0.717, 1.165) is 16.9 Å². The van der Waals surface area contributed by atoms with Crippen molar-refractivity contribution in [3.63, 3.8) is 0 Å². The van der Waals surface area contributed by atoms with Gasteiger partial charge < -0.3 is 4.74 Å². The first-order valence-corrected chi connectivity index (χ1v) is 10.0. The number of halogens is 1. The first-order chi connectivity index (χ1) is 15.6. The van der Waals surface area contributed by atoms with Crippen molar-refractivity contribution in [3.8, 4) is 22.7 Å². The van der Waals surface area contributed by atoms with Crippen LogP contribution in [0.3, 0.4) is 0 Å². The lowest BCUT2D eigenvalue weighted by Gasteiger charge is -2.13. The second kappa shape index (κ2) is 9.70. The molecule has 3 aromatic carbocycles. The Balaban J connectivity index is 1.46. The summed E-state index contributed by atoms with van der Waals surface area (Å²) in [6, 6.07) is 25.0. The Hall–Kier alpha value is -4.26. The SMILES string of the molecule is C/C(=N\NC(=O)COc1ccccc1-c1ccnn1-c1ccccc1)c1ccc(F)cc1. The number of nitrogens with zero attached hydrogens (tertiary/aromatic N) is 3. The molecule has 1 N–H and O–H groups in total. The summed E-state index contributed by atoms with van der Waals surface area (Å²) in [5.74, 6) is -0.177. The summed E-state index contributed by atoms with van der Waals surface area (Å²) in [7, 11) is 0. The average molecular weight is 428 g/mol. The molecule has 1 amide bonds. The zero-order valence-electron chi connectivity index (χ0n) is 17.4. The Bertz CT molecular complexity index is 1230. The van der Waals surface area contributed by atoms with E-state index in [1.165, 1.54) is 12.1 Å². The highest BCUT2D eigenvalue weighted by molar-refractivity contribution is 5.99. The number of nitrogens with one attached hydrogen (secondary N) is 1. The number of benzene rings is 3. The maximum atomic E-state index is 13.1. The molecule has 0 aliphatic rings. The van der Waals surface area contributed by atoms with Crippen molar-refractivity contribution in [1.82, 2.24) is 15.2 Å². The molecule has 0 atom stereocenters. The molecule has 0 spiro atoms. The van der Waals surface area contributed by atoms with Crippen LogP contribution in [-0.4, -0.2) is 28.0 Å². The van der Waals surface area contributed by atoms with Crippen LogP contribution in [0.2, 0.25) is 0 Å². The number of hydrogen-bond donors (Lipinski definition) is 1. The van der Waals surface area contributed by atoms with Crippen molar-refractivity contribution in [1.29, 1.82) is 0 Å². The predicted molar refractivity (Wildman–Crippen MR) is 121 cm³/mol. The van der Waals surface area contributed by atoms with E-state index in [0.29, 0.717) is 17.0 Å². The molecule has 0 fully saturated rings. The topological polar surface area (TPSA) is 68.5 Å². The summed E-state index contributed by atoms with van der Waals surface area (Å²) in [6.45, 7) is 1.52. The van der Waals surface area contributed by atoms with Gasteiger partial charge in [0.05, 0.1) is 23.3 Å². The Morgan fingerprint density at radius 2 is 1.72 bits per heavy atom. The lowest BCUT2D eigenvalue weighted by atomic mass is 10.1. The van der Waals surface area contributed by atoms with Crippen molar-refractivity contribution < 1.29 is 13.9 Å². The highest BCUT2D eigenvalue weighted by atomic mass is 19.1. The first kappa shape index (κ1) is 21.0. The molecule has 0 saturated carbocycles. The van der Waals surface area contributed by atoms with E-state index >= 15 is 0 Å². The minimum atomic E-state index is -0.405. The summed E-state index contributed by atoms with van der Waals surface area (Å²) >= 11 is 0. The second-order valence-electron chi connectivity index (χ2n) is 6.99. The second-order valence-corrected chi connectivity index (χ2v) is 6.99. The van der Waals surface area contributed by atoms with Crippen LogP contribution >= 0.6 is 0 Å². The zero-order chi connectivity index (χ0) is 22.3. The Morgan fingerprint density at radius 3 is 2.50 bits per heavy atom. The van der Waals surface area contributed by atoms with Crippen molar-refractivity contribution >= 4 is 11.6 Å². The molecule has 0 unspecified atom stereocenters. The third-order valence-electron chi connectivity index (χ3n) is 4.78. The van der Waals surface area contributed by atoms with Crippen LogP contribution in [0.5, 0.6) is 5.75 Å². The molecule has 4 aromatic rings. The Kier molecular flexibility index (Phi) is 6.36. The van der Waals surface area contributed by atoms with Crippen molar-refractivity contribution in [2.45, 2.75) is 6.92 Å². The fourth-order valence-electron chi connectivity index (χ4n) is 3.16. The Labute approximate surface area is 185 Å². The van der Waals surface area contributed by atoms with E-state index in [1.54, 1.807) is 31.3 Å². The monoisotopic (exact) mass is 428 g/mol. The van der Waals surface area contributed by atoms with Crippen molar-refractivity contribution in [3.05, 3.63) is 103 Å². The number of aromatic nitrogens is 2. The number of ether oxygens (including phenoxy) is 1. The number of carbonyl (C=O) groups is 1. The van der Waals surface area contributed by atoms with Gasteiger partial charge in [-0.2, -0.15) is 10.2 Å². The standard InChI is InChI=1S/C25H21FN4O2/c1-18(19-11-13-20(26)14-12-19)28-29-25(31)17-32-24-10-6-5-9-22(24)23-15-16-27-30(23)21-7-3-2-4-8-21/h2-16H,17H2,1H3,(H,29,31)/b28-18+. The van der Waals surface area contributed by atoms with Gasteiger partial charge in [-0.05, 0) is 55.0 Å². The highest BCUT2D eigenvalue weighted by Gasteiger charge is 2.13. The molecule has 0 bridgehead atoms. The quantitative estimate of drug-likeness (QED) is 0.346. The third kappa shape index (κ3) is 4.89. The minimum Gasteiger partial charge on any atom is -0.483 e. The van der Waals surface area contributed by atoms with Gasteiger partial charge in [-0.3, -0.25) is 4.79 Å². The summed E-state index contributed by atoms with van der Waals surface area (Å²) in [4.78, 5) is 12.3. The first-order valence-electron chi connectivity index (χ1n) is 10.0. The number of hydrazone groups is 1. The van der Waals surface area contributed by atoms with Gasteiger partial charge in [0.25, 0.3) is 5.91 Å². The molecule has 0 saturated heterocycles. The summed E-state index contributed by atoms with van der Waals surface area (Å²) in [5, 5.41) is 8.49. The van der Waals surface area contributed by atoms with Crippen LogP contribution in [0, 0.1) is 5.82 Å². The van der Waals surface area contributed by atoms with Gasteiger partial charge in [0.1, 0.15) is 11.6 Å². The van der Waals surface area contributed by atoms with Crippen LogP contribution in [0.4, 0.5) is 4.39 Å². The van der Waals surface area contributed by atoms with E-state index in [-0.39, 0.29) is 12.4 Å². The number of rotatable bonds is 7. The highest BCUT2D eigenvalue weighted by Crippen LogP contribution is 2.31. The third-order valence-corrected chi connectivity index (χ3v) is 4.78. The number of para-hydroxylation sites is 2. The van der Waals surface area contributed by atoms with Crippen LogP contribution in [0.1, 0.15) is 12.5 Å². The van der Waals surface area contributed by atoms with E-state index in [9.17, 15) is 9.18 Å². The average Bonchev–Trinajstić information content (AvgIpc) is 3.32. The molecule has 1 heterocycles. The van der Waals surface area contributed by atoms with Crippen molar-refractivity contribution in [2.75, 3.05) is 6.61 Å². The molecule has 1 aromatic heterocycles. The molecule has 160 valence electrons. The van der Waals surface area contributed by atoms with Crippen LogP contribution < -0.4 is 10.2 Å². The van der Waals surface area contributed by atoms with Gasteiger partial charge in [0, 0.05) is 5.56 Å². The van der Waals surface area contributed by atoms with Gasteiger partial charge in [0.2, 0.25) is 0 Å². The summed E-state index contributed by atoms with van der Waals surface area (Å²) < 4.78 is 20.7. The molecule has 0 aliphatic carbocycles. The maximum absolute atomic E-state index is 13.1. The van der Waals surface area contributed by atoms with E-state index in [1.807, 2.05) is 59.3 Å². The van der Waals surface area contributed by atoms with Crippen LogP contribution in [0.15, 0.2) is 96.2 Å². The van der Waals surface area contributed by atoms with E-state index < -0.39 is 5.91 Å². The molecule has 6 nitrogen and oxygen atoms in total. The predicted octanol–water partition coefficient (Wildman–Crippen LogP) is 4.60. The largest absolute Gasteiger partial charge is 0.483 e. The van der Waals surface area contributed by atoms with Gasteiger partial charge in [0.15, 0.2) is 6.61 Å². The lowest BCUT2D eigenvalue weighted by molar-refractivity contribution is -0.123. The smallest absolute Gasteiger partial charge is 0.277 e. The Morgan fingerprint density at radius 1 is 1.00 bits per heavy atom. The normalized spacial score (nSPS) is 11.2. The molecule has 0 aliphatic heterocycles. The minimum absolute atomic E-state index is 0.212.